The van der Waals surface area contributed by atoms with Crippen molar-refractivity contribution in [3.63, 3.8) is 0 Å². The highest BCUT2D eigenvalue weighted by atomic mass is 127. The van der Waals surface area contributed by atoms with Gasteiger partial charge in [-0.25, -0.2) is 0 Å². The largest absolute Gasteiger partial charge is 0.508 e. The molecule has 0 amide bonds. The van der Waals surface area contributed by atoms with Gasteiger partial charge < -0.3 is 48.5 Å². The lowest BCUT2D eigenvalue weighted by atomic mass is 10.3. The third-order valence-electron chi connectivity index (χ3n) is 7.32. The topological polar surface area (TPSA) is 125 Å². The molecule has 57 heavy (non-hydrogen) atoms. The van der Waals surface area contributed by atoms with Gasteiger partial charge in [-0.05, 0) is 114 Å². The molecule has 7 rings (SSSR count). The molecule has 0 spiro atoms. The Morgan fingerprint density at radius 3 is 0.825 bits per heavy atom. The molecule has 10 nitrogen and oxygen atoms in total. The number of ether oxygens (including phenoxy) is 7. The van der Waals surface area contributed by atoms with Crippen LogP contribution < -0.4 is 33.2 Å². The normalized spacial score (nSPS) is 9.70. The average Bonchev–Trinajstić information content (AvgIpc) is 3.22. The van der Waals surface area contributed by atoms with E-state index in [1.165, 1.54) is 21.8 Å². The van der Waals surface area contributed by atoms with Crippen LogP contribution in [0.1, 0.15) is 0 Å². The fourth-order valence-electron chi connectivity index (χ4n) is 4.64. The summed E-state index contributed by atoms with van der Waals surface area (Å²) < 4.78 is 39.0. The maximum absolute atomic E-state index is 9.29. The SMILES string of the molecule is COc1cccc(I)c1.COc1cccc(Oc2cccc(O)c2)c1.COc1cccc(Oc2cccc(Oc3cccc(OC)c3)c2)c1.Oc1cccc(O)c1. The van der Waals surface area contributed by atoms with Crippen molar-refractivity contribution in [2.45, 2.75) is 0 Å². The number of phenolic OH excluding ortho intramolecular Hbond substituents is 3. The molecule has 0 aliphatic carbocycles. The second-order valence-electron chi connectivity index (χ2n) is 11.5. The van der Waals surface area contributed by atoms with E-state index in [-0.39, 0.29) is 17.2 Å². The zero-order valence-electron chi connectivity index (χ0n) is 31.7. The van der Waals surface area contributed by atoms with Crippen LogP contribution in [0.2, 0.25) is 0 Å². The van der Waals surface area contributed by atoms with Gasteiger partial charge in [-0.15, -0.1) is 0 Å². The highest BCUT2D eigenvalue weighted by Gasteiger charge is 2.04. The quantitative estimate of drug-likeness (QED) is 0.114. The molecule has 0 radical (unpaired) electrons. The number of hydrogen-bond acceptors (Lipinski definition) is 10. The first-order valence-electron chi connectivity index (χ1n) is 17.3. The van der Waals surface area contributed by atoms with Crippen LogP contribution in [-0.2, 0) is 0 Å². The Morgan fingerprint density at radius 1 is 0.298 bits per heavy atom. The summed E-state index contributed by atoms with van der Waals surface area (Å²) in [6.07, 6.45) is 0. The zero-order valence-corrected chi connectivity index (χ0v) is 33.9. The predicted molar refractivity (Wildman–Crippen MR) is 229 cm³/mol. The van der Waals surface area contributed by atoms with E-state index < -0.39 is 0 Å². The summed E-state index contributed by atoms with van der Waals surface area (Å²) in [5.74, 6) is 7.54. The Labute approximate surface area is 346 Å². The number of phenols is 3. The van der Waals surface area contributed by atoms with Gasteiger partial charge >= 0.3 is 0 Å². The van der Waals surface area contributed by atoms with Gasteiger partial charge in [0.25, 0.3) is 0 Å². The van der Waals surface area contributed by atoms with Gasteiger partial charge in [0.05, 0.1) is 28.4 Å². The van der Waals surface area contributed by atoms with Gasteiger partial charge in [-0.2, -0.15) is 0 Å². The Bertz CT molecular complexity index is 2180. The summed E-state index contributed by atoms with van der Waals surface area (Å²) in [5, 5.41) is 26.6. The van der Waals surface area contributed by atoms with Gasteiger partial charge in [-0.3, -0.25) is 0 Å². The van der Waals surface area contributed by atoms with Crippen LogP contribution in [0.3, 0.4) is 0 Å². The summed E-state index contributed by atoms with van der Waals surface area (Å²) in [6, 6.07) is 50.1. The maximum atomic E-state index is 9.29. The lowest BCUT2D eigenvalue weighted by Crippen LogP contribution is -1.89. The van der Waals surface area contributed by atoms with Gasteiger partial charge in [0.1, 0.15) is 74.7 Å². The molecule has 7 aromatic rings. The lowest BCUT2D eigenvalue weighted by Gasteiger charge is -2.10. The van der Waals surface area contributed by atoms with Gasteiger partial charge in [0.15, 0.2) is 0 Å². The minimum absolute atomic E-state index is 0.0880. The van der Waals surface area contributed by atoms with Crippen LogP contribution in [0.4, 0.5) is 0 Å². The van der Waals surface area contributed by atoms with Crippen molar-refractivity contribution in [1.82, 2.24) is 0 Å². The van der Waals surface area contributed by atoms with Gasteiger partial charge in [0, 0.05) is 40.0 Å². The van der Waals surface area contributed by atoms with E-state index in [0.717, 1.165) is 23.0 Å². The molecule has 0 aliphatic heterocycles. The maximum Gasteiger partial charge on any atom is 0.131 e. The van der Waals surface area contributed by atoms with Crippen molar-refractivity contribution in [3.05, 3.63) is 173 Å². The predicted octanol–water partition coefficient (Wildman–Crippen LogP) is 11.9. The molecule has 0 atom stereocenters. The Kier molecular flexibility index (Phi) is 17.5. The third kappa shape index (κ3) is 15.9. The van der Waals surface area contributed by atoms with E-state index >= 15 is 0 Å². The molecule has 7 aromatic carbocycles. The van der Waals surface area contributed by atoms with E-state index in [1.807, 2.05) is 115 Å². The molecule has 0 aliphatic rings. The smallest absolute Gasteiger partial charge is 0.131 e. The molecule has 0 unspecified atom stereocenters. The fraction of sp³-hybridized carbons (Fsp3) is 0.0870. The van der Waals surface area contributed by atoms with Crippen molar-refractivity contribution in [3.8, 4) is 74.7 Å². The highest BCUT2D eigenvalue weighted by molar-refractivity contribution is 14.1. The molecule has 0 saturated heterocycles. The molecule has 0 heterocycles. The van der Waals surface area contributed by atoms with Crippen molar-refractivity contribution < 1.29 is 48.5 Å². The van der Waals surface area contributed by atoms with Crippen molar-refractivity contribution in [2.75, 3.05) is 28.4 Å². The standard InChI is InChI=1S/C20H18O4.C13H12O3.C7H7IO.C6H6O2/c1-21-15-6-3-8-17(12-15)23-19-10-5-11-20(14-19)24-18-9-4-7-16(13-18)22-2;1-15-11-5-3-7-13(9-11)16-12-6-2-4-10(14)8-12;1-9-7-4-2-3-6(8)5-7;7-5-2-1-3-6(8)4-5/h3-14H,1-2H3;2-9,14H,1H3;2-5H,1H3;1-4,7-8H. The van der Waals surface area contributed by atoms with Crippen molar-refractivity contribution in [1.29, 1.82) is 0 Å². The monoisotopic (exact) mass is 882 g/mol. The zero-order chi connectivity index (χ0) is 40.8. The molecule has 0 fully saturated rings. The summed E-state index contributed by atoms with van der Waals surface area (Å²) in [5.41, 5.74) is 0. The molecule has 3 N–H and O–H groups in total. The van der Waals surface area contributed by atoms with Crippen LogP contribution in [-0.4, -0.2) is 43.8 Å². The second-order valence-corrected chi connectivity index (χ2v) is 12.7. The van der Waals surface area contributed by atoms with E-state index in [4.69, 9.17) is 43.4 Å². The van der Waals surface area contributed by atoms with E-state index in [1.54, 1.807) is 64.8 Å². The van der Waals surface area contributed by atoms with E-state index in [0.29, 0.717) is 34.5 Å². The molecule has 0 bridgehead atoms. The van der Waals surface area contributed by atoms with Crippen molar-refractivity contribution in [2.24, 2.45) is 0 Å². The first kappa shape index (κ1) is 43.0. The Balaban J connectivity index is 0.000000186. The minimum atomic E-state index is 0.0880. The van der Waals surface area contributed by atoms with Gasteiger partial charge in [0.2, 0.25) is 0 Å². The molecular formula is C46H43IO10. The van der Waals surface area contributed by atoms with E-state index in [9.17, 15) is 5.11 Å². The molecule has 294 valence electrons. The highest BCUT2D eigenvalue weighted by Crippen LogP contribution is 2.31. The molecule has 11 heteroatoms. The number of hydrogen-bond donors (Lipinski definition) is 3. The van der Waals surface area contributed by atoms with Crippen LogP contribution in [0.15, 0.2) is 170 Å². The molecule has 0 aromatic heterocycles. The Morgan fingerprint density at radius 2 is 0.544 bits per heavy atom. The lowest BCUT2D eigenvalue weighted by molar-refractivity contribution is 0.407. The minimum Gasteiger partial charge on any atom is -0.508 e. The van der Waals surface area contributed by atoms with Gasteiger partial charge in [-0.1, -0.05) is 42.5 Å². The number of benzene rings is 7. The number of methoxy groups -OCH3 is 4. The number of halogens is 1. The van der Waals surface area contributed by atoms with Crippen LogP contribution in [0.25, 0.3) is 0 Å². The summed E-state index contributed by atoms with van der Waals surface area (Å²) >= 11 is 2.25. The molecular weight excluding hydrogens is 839 g/mol. The average molecular weight is 883 g/mol. The molecule has 0 saturated carbocycles. The van der Waals surface area contributed by atoms with Crippen LogP contribution in [0, 0.1) is 3.57 Å². The van der Waals surface area contributed by atoms with Crippen LogP contribution >= 0.6 is 22.6 Å². The summed E-state index contributed by atoms with van der Waals surface area (Å²) in [6.45, 7) is 0. The number of aromatic hydroxyl groups is 3. The fourth-order valence-corrected chi connectivity index (χ4v) is 5.15. The first-order chi connectivity index (χ1) is 27.7. The van der Waals surface area contributed by atoms with Crippen LogP contribution in [0.5, 0.6) is 74.7 Å². The first-order valence-corrected chi connectivity index (χ1v) is 18.4. The Hall–Kier alpha value is -6.73. The summed E-state index contributed by atoms with van der Waals surface area (Å²) in [7, 11) is 6.53. The second kappa shape index (κ2) is 23.2. The third-order valence-corrected chi connectivity index (χ3v) is 7.99. The van der Waals surface area contributed by atoms with E-state index in [2.05, 4.69) is 22.6 Å². The number of rotatable bonds is 10. The summed E-state index contributed by atoms with van der Waals surface area (Å²) in [4.78, 5) is 0. The van der Waals surface area contributed by atoms with Crippen molar-refractivity contribution >= 4 is 22.6 Å².